The van der Waals surface area contributed by atoms with E-state index in [-0.39, 0.29) is 5.91 Å². The molecule has 0 saturated heterocycles. The van der Waals surface area contributed by atoms with E-state index in [0.717, 1.165) is 0 Å². The number of hydrogen-bond donors (Lipinski definition) is 2. The molecule has 0 spiro atoms. The summed E-state index contributed by atoms with van der Waals surface area (Å²) in [6, 6.07) is 1.60. The number of rotatable bonds is 2. The zero-order valence-electron chi connectivity index (χ0n) is 6.82. The maximum Gasteiger partial charge on any atom is 0.258 e. The first-order valence-corrected chi connectivity index (χ1v) is 4.92. The number of amides is 1. The molecule has 0 saturated carbocycles. The fourth-order valence-electron chi connectivity index (χ4n) is 0.875. The summed E-state index contributed by atoms with van der Waals surface area (Å²) in [5.41, 5.74) is 0.511. The minimum atomic E-state index is -0.259. The molecule has 0 aliphatic rings. The maximum absolute atomic E-state index is 11.5. The van der Waals surface area contributed by atoms with Gasteiger partial charge < -0.3 is 0 Å². The van der Waals surface area contributed by atoms with E-state index in [1.807, 2.05) is 0 Å². The summed E-state index contributed by atoms with van der Waals surface area (Å²) in [6.07, 6.45) is 1.32. The van der Waals surface area contributed by atoms with Crippen LogP contribution in [0, 0.1) is 0 Å². The lowest BCUT2D eigenvalue weighted by molar-refractivity contribution is 0.102. The number of halogens is 1. The first-order valence-electron chi connectivity index (χ1n) is 3.66. The highest BCUT2D eigenvalue weighted by Crippen LogP contribution is 2.20. The van der Waals surface area contributed by atoms with Crippen molar-refractivity contribution in [2.75, 3.05) is 5.32 Å². The largest absolute Gasteiger partial charge is 0.291 e. The van der Waals surface area contributed by atoms with Gasteiger partial charge in [0.2, 0.25) is 5.95 Å². The molecule has 14 heavy (non-hydrogen) atoms. The molecule has 2 aromatic heterocycles. The van der Waals surface area contributed by atoms with Crippen LogP contribution >= 0.6 is 22.9 Å². The fourth-order valence-corrected chi connectivity index (χ4v) is 1.74. The molecule has 0 bridgehead atoms. The van der Waals surface area contributed by atoms with Gasteiger partial charge in [0.15, 0.2) is 0 Å². The van der Waals surface area contributed by atoms with Gasteiger partial charge in [-0.05, 0) is 6.07 Å². The Balaban J connectivity index is 2.10. The Morgan fingerprint density at radius 3 is 3.07 bits per heavy atom. The topological polar surface area (TPSA) is 70.7 Å². The van der Waals surface area contributed by atoms with E-state index in [9.17, 15) is 4.79 Å². The Labute approximate surface area is 88.1 Å². The van der Waals surface area contributed by atoms with Crippen molar-refractivity contribution in [3.8, 4) is 0 Å². The lowest BCUT2D eigenvalue weighted by Crippen LogP contribution is -2.11. The third-order valence-electron chi connectivity index (χ3n) is 1.48. The predicted octanol–water partition coefficient (Wildman–Crippen LogP) is 1.77. The molecule has 5 nitrogen and oxygen atoms in total. The first-order chi connectivity index (χ1) is 6.75. The summed E-state index contributed by atoms with van der Waals surface area (Å²) in [5.74, 6) is 0.0576. The van der Waals surface area contributed by atoms with Crippen molar-refractivity contribution in [2.45, 2.75) is 0 Å². The molecule has 2 heterocycles. The monoisotopic (exact) mass is 228 g/mol. The molecule has 0 aliphatic carbocycles. The van der Waals surface area contributed by atoms with Crippen LogP contribution in [0.15, 0.2) is 17.8 Å². The smallest absolute Gasteiger partial charge is 0.258 e. The number of nitrogens with zero attached hydrogens (tertiary/aromatic N) is 2. The molecule has 0 atom stereocenters. The number of carbonyl (C=O) groups is 1. The number of aromatic amines is 1. The van der Waals surface area contributed by atoms with Crippen LogP contribution in [0.3, 0.4) is 0 Å². The third-order valence-corrected chi connectivity index (χ3v) is 2.57. The van der Waals surface area contributed by atoms with Crippen LogP contribution < -0.4 is 5.32 Å². The second-order valence-electron chi connectivity index (χ2n) is 2.43. The van der Waals surface area contributed by atoms with Crippen LogP contribution in [0.25, 0.3) is 0 Å². The van der Waals surface area contributed by atoms with E-state index in [0.29, 0.717) is 15.8 Å². The molecule has 7 heteroatoms. The van der Waals surface area contributed by atoms with E-state index in [4.69, 9.17) is 11.6 Å². The summed E-state index contributed by atoms with van der Waals surface area (Å²) in [6.45, 7) is 0. The number of aromatic nitrogens is 3. The average molecular weight is 229 g/mol. The molecule has 2 rings (SSSR count). The number of nitrogens with one attached hydrogen (secondary N) is 2. The zero-order chi connectivity index (χ0) is 9.97. The standard InChI is InChI=1S/C7H5ClN4OS/c8-5-1-4(2-14-5)6(13)11-7-9-3-10-12-7/h1-3H,(H2,9,10,11,12,13). The Bertz CT molecular complexity index is 438. The van der Waals surface area contributed by atoms with Gasteiger partial charge >= 0.3 is 0 Å². The highest BCUT2D eigenvalue weighted by Gasteiger charge is 2.09. The molecule has 1 amide bonds. The van der Waals surface area contributed by atoms with Crippen LogP contribution in [-0.2, 0) is 0 Å². The normalized spacial score (nSPS) is 10.1. The van der Waals surface area contributed by atoms with Crippen LogP contribution in [0.5, 0.6) is 0 Å². The molecular formula is C7H5ClN4OS. The quantitative estimate of drug-likeness (QED) is 0.823. The molecule has 0 aromatic carbocycles. The third kappa shape index (κ3) is 1.91. The number of thiophene rings is 1. The van der Waals surface area contributed by atoms with Gasteiger partial charge in [-0.3, -0.25) is 10.1 Å². The maximum atomic E-state index is 11.5. The lowest BCUT2D eigenvalue weighted by atomic mass is 10.3. The molecule has 2 N–H and O–H groups in total. The fraction of sp³-hybridized carbons (Fsp3) is 0. The SMILES string of the molecule is O=C(Nc1ncn[nH]1)c1csc(Cl)c1. The van der Waals surface area contributed by atoms with E-state index >= 15 is 0 Å². The van der Waals surface area contributed by atoms with E-state index < -0.39 is 0 Å². The summed E-state index contributed by atoms with van der Waals surface area (Å²) in [4.78, 5) is 15.2. The summed E-state index contributed by atoms with van der Waals surface area (Å²) >= 11 is 6.99. The van der Waals surface area contributed by atoms with Crippen molar-refractivity contribution in [1.29, 1.82) is 0 Å². The Hall–Kier alpha value is -1.40. The van der Waals surface area contributed by atoms with Gasteiger partial charge in [0.25, 0.3) is 5.91 Å². The van der Waals surface area contributed by atoms with Crippen molar-refractivity contribution in [3.05, 3.63) is 27.7 Å². The molecular weight excluding hydrogens is 224 g/mol. The second-order valence-corrected chi connectivity index (χ2v) is 3.97. The summed E-state index contributed by atoms with van der Waals surface area (Å²) in [7, 11) is 0. The average Bonchev–Trinajstić information content (AvgIpc) is 2.75. The molecule has 0 radical (unpaired) electrons. The zero-order valence-corrected chi connectivity index (χ0v) is 8.39. The molecule has 2 aromatic rings. The number of carbonyl (C=O) groups excluding carboxylic acids is 1. The second kappa shape index (κ2) is 3.77. The van der Waals surface area contributed by atoms with Gasteiger partial charge in [-0.25, -0.2) is 5.10 Å². The highest BCUT2D eigenvalue weighted by atomic mass is 35.5. The predicted molar refractivity (Wildman–Crippen MR) is 53.7 cm³/mol. The molecule has 0 aliphatic heterocycles. The van der Waals surface area contributed by atoms with Crippen molar-refractivity contribution < 1.29 is 4.79 Å². The Morgan fingerprint density at radius 1 is 1.64 bits per heavy atom. The van der Waals surface area contributed by atoms with E-state index in [1.165, 1.54) is 17.7 Å². The van der Waals surface area contributed by atoms with Crippen LogP contribution in [0.2, 0.25) is 4.34 Å². The van der Waals surface area contributed by atoms with Crippen molar-refractivity contribution in [1.82, 2.24) is 15.2 Å². The molecule has 72 valence electrons. The number of hydrogen-bond acceptors (Lipinski definition) is 4. The van der Waals surface area contributed by atoms with E-state index in [2.05, 4.69) is 20.5 Å². The Morgan fingerprint density at radius 2 is 2.50 bits per heavy atom. The highest BCUT2D eigenvalue weighted by molar-refractivity contribution is 7.14. The first kappa shape index (κ1) is 9.17. The molecule has 0 fully saturated rings. The van der Waals surface area contributed by atoms with Crippen molar-refractivity contribution in [3.63, 3.8) is 0 Å². The number of H-pyrrole nitrogens is 1. The summed E-state index contributed by atoms with van der Waals surface area (Å²) in [5, 5.41) is 10.3. The lowest BCUT2D eigenvalue weighted by Gasteiger charge is -1.96. The Kier molecular flexibility index (Phi) is 2.47. The van der Waals surface area contributed by atoms with E-state index in [1.54, 1.807) is 11.4 Å². The van der Waals surface area contributed by atoms with Gasteiger partial charge in [-0.1, -0.05) is 11.6 Å². The van der Waals surface area contributed by atoms with Gasteiger partial charge in [0.1, 0.15) is 6.33 Å². The number of anilines is 1. The van der Waals surface area contributed by atoms with Gasteiger partial charge in [-0.15, -0.1) is 11.3 Å². The molecule has 0 unspecified atom stereocenters. The van der Waals surface area contributed by atoms with Crippen LogP contribution in [0.4, 0.5) is 5.95 Å². The minimum absolute atomic E-state index is 0.259. The van der Waals surface area contributed by atoms with Gasteiger partial charge in [0.05, 0.1) is 9.90 Å². The van der Waals surface area contributed by atoms with Crippen LogP contribution in [0.1, 0.15) is 10.4 Å². The van der Waals surface area contributed by atoms with Gasteiger partial charge in [-0.2, -0.15) is 10.1 Å². The summed E-state index contributed by atoms with van der Waals surface area (Å²) < 4.78 is 0.577. The van der Waals surface area contributed by atoms with Gasteiger partial charge in [0, 0.05) is 5.38 Å². The van der Waals surface area contributed by atoms with Crippen molar-refractivity contribution in [2.24, 2.45) is 0 Å². The van der Waals surface area contributed by atoms with Crippen molar-refractivity contribution >= 4 is 34.8 Å². The van der Waals surface area contributed by atoms with Crippen LogP contribution in [-0.4, -0.2) is 21.1 Å². The minimum Gasteiger partial charge on any atom is -0.291 e.